The molecule has 0 aliphatic carbocycles. The van der Waals surface area contributed by atoms with Gasteiger partial charge in [-0.1, -0.05) is 12.2 Å². The second-order valence-electron chi connectivity index (χ2n) is 6.38. The molecular weight excluding hydrogens is 343 g/mol. The first-order chi connectivity index (χ1) is 12.5. The Morgan fingerprint density at radius 2 is 2.04 bits per heavy atom. The standard InChI is InChI=1S/C19H22F3N3O/c20-19(21,22)16-3-1-7-25(8-2-4-16)18-11-17(13-23-14-18)24-12-15-5-9-26-10-6-15/h1-4,7,11,13-15,24H,5-6,8-10,12H2. The average Bonchev–Trinajstić information content (AvgIpc) is 2.60. The lowest BCUT2D eigenvalue weighted by Gasteiger charge is -2.23. The van der Waals surface area contributed by atoms with Gasteiger partial charge in [-0.15, -0.1) is 0 Å². The number of alkyl halides is 3. The third-order valence-electron chi connectivity index (χ3n) is 4.46. The minimum atomic E-state index is -4.33. The molecule has 0 spiro atoms. The lowest BCUT2D eigenvalue weighted by atomic mass is 10.0. The summed E-state index contributed by atoms with van der Waals surface area (Å²) in [5, 5.41) is 3.40. The van der Waals surface area contributed by atoms with E-state index >= 15 is 0 Å². The molecule has 2 aliphatic heterocycles. The van der Waals surface area contributed by atoms with E-state index < -0.39 is 11.7 Å². The van der Waals surface area contributed by atoms with Gasteiger partial charge in [0.2, 0.25) is 0 Å². The molecule has 26 heavy (non-hydrogen) atoms. The molecule has 1 saturated heterocycles. The smallest absolute Gasteiger partial charge is 0.383 e. The maximum atomic E-state index is 12.8. The summed E-state index contributed by atoms with van der Waals surface area (Å²) >= 11 is 0. The molecule has 1 N–H and O–H groups in total. The van der Waals surface area contributed by atoms with Crippen molar-refractivity contribution < 1.29 is 17.9 Å². The summed E-state index contributed by atoms with van der Waals surface area (Å²) in [5.74, 6) is 0.586. The number of ether oxygens (including phenoxy) is 1. The van der Waals surface area contributed by atoms with Gasteiger partial charge in [0.1, 0.15) is 0 Å². The molecule has 1 aromatic rings. The Morgan fingerprint density at radius 3 is 2.81 bits per heavy atom. The zero-order valence-corrected chi connectivity index (χ0v) is 14.4. The molecule has 4 nitrogen and oxygen atoms in total. The number of nitrogens with one attached hydrogen (secondary N) is 1. The van der Waals surface area contributed by atoms with Crippen molar-refractivity contribution in [3.8, 4) is 0 Å². The summed E-state index contributed by atoms with van der Waals surface area (Å²) in [6.45, 7) is 2.82. The number of nitrogens with zero attached hydrogens (tertiary/aromatic N) is 2. The Morgan fingerprint density at radius 1 is 1.23 bits per heavy atom. The molecule has 0 bridgehead atoms. The summed E-state index contributed by atoms with van der Waals surface area (Å²) in [6.07, 6.45) is 7.95. The number of hydrogen-bond donors (Lipinski definition) is 1. The Hall–Kier alpha value is -2.28. The number of halogens is 3. The summed E-state index contributed by atoms with van der Waals surface area (Å²) < 4.78 is 43.7. The highest BCUT2D eigenvalue weighted by Gasteiger charge is 2.31. The SMILES string of the molecule is FC(F)(F)C1=CC=CN(c2cncc(NCC3CCOCC3)c2)CC=C1. The lowest BCUT2D eigenvalue weighted by molar-refractivity contribution is -0.0882. The summed E-state index contributed by atoms with van der Waals surface area (Å²) in [4.78, 5) is 6.10. The predicted molar refractivity (Wildman–Crippen MR) is 96.0 cm³/mol. The molecule has 3 rings (SSSR count). The molecular formula is C19H22F3N3O. The maximum Gasteiger partial charge on any atom is 0.416 e. The molecule has 1 aromatic heterocycles. The first-order valence-electron chi connectivity index (χ1n) is 8.68. The third kappa shape index (κ3) is 5.11. The summed E-state index contributed by atoms with van der Waals surface area (Å²) in [6, 6.07) is 1.96. The van der Waals surface area contributed by atoms with Crippen LogP contribution in [-0.4, -0.2) is 37.5 Å². The van der Waals surface area contributed by atoms with E-state index in [0.717, 1.165) is 56.1 Å². The number of hydrogen-bond acceptors (Lipinski definition) is 4. The van der Waals surface area contributed by atoms with E-state index in [0.29, 0.717) is 12.5 Å². The topological polar surface area (TPSA) is 37.4 Å². The zero-order valence-electron chi connectivity index (χ0n) is 14.4. The van der Waals surface area contributed by atoms with Crippen LogP contribution in [0, 0.1) is 5.92 Å². The number of anilines is 2. The van der Waals surface area contributed by atoms with Gasteiger partial charge in [-0.05, 0) is 37.0 Å². The van der Waals surface area contributed by atoms with Crippen molar-refractivity contribution in [3.63, 3.8) is 0 Å². The second kappa shape index (κ2) is 8.40. The molecule has 7 heteroatoms. The fourth-order valence-corrected chi connectivity index (χ4v) is 2.93. The van der Waals surface area contributed by atoms with Crippen LogP contribution in [0.1, 0.15) is 12.8 Å². The minimum absolute atomic E-state index is 0.342. The minimum Gasteiger partial charge on any atom is -0.383 e. The van der Waals surface area contributed by atoms with Crippen molar-refractivity contribution in [1.82, 2.24) is 4.98 Å². The van der Waals surface area contributed by atoms with Gasteiger partial charge in [-0.3, -0.25) is 4.98 Å². The molecule has 0 atom stereocenters. The quantitative estimate of drug-likeness (QED) is 0.863. The second-order valence-corrected chi connectivity index (χ2v) is 6.38. The van der Waals surface area contributed by atoms with Crippen LogP contribution in [0.5, 0.6) is 0 Å². The van der Waals surface area contributed by atoms with E-state index in [-0.39, 0.29) is 0 Å². The molecule has 140 valence electrons. The van der Waals surface area contributed by atoms with Crippen LogP contribution in [0.3, 0.4) is 0 Å². The van der Waals surface area contributed by atoms with Gasteiger partial charge in [0.15, 0.2) is 0 Å². The Labute approximate surface area is 151 Å². The van der Waals surface area contributed by atoms with E-state index in [2.05, 4.69) is 10.3 Å². The van der Waals surface area contributed by atoms with Gasteiger partial charge >= 0.3 is 6.18 Å². The molecule has 2 aliphatic rings. The van der Waals surface area contributed by atoms with Crippen molar-refractivity contribution in [3.05, 3.63) is 54.5 Å². The van der Waals surface area contributed by atoms with E-state index in [1.807, 2.05) is 11.0 Å². The molecule has 0 amide bonds. The Balaban J connectivity index is 1.65. The number of aromatic nitrogens is 1. The van der Waals surface area contributed by atoms with Crippen molar-refractivity contribution in [2.45, 2.75) is 19.0 Å². The molecule has 1 fully saturated rings. The highest BCUT2D eigenvalue weighted by Crippen LogP contribution is 2.28. The van der Waals surface area contributed by atoms with Crippen molar-refractivity contribution in [2.24, 2.45) is 5.92 Å². The van der Waals surface area contributed by atoms with Crippen molar-refractivity contribution >= 4 is 11.4 Å². The highest BCUT2D eigenvalue weighted by atomic mass is 19.4. The van der Waals surface area contributed by atoms with Crippen LogP contribution in [0.25, 0.3) is 0 Å². The molecule has 3 heterocycles. The first-order valence-corrected chi connectivity index (χ1v) is 8.68. The lowest BCUT2D eigenvalue weighted by Crippen LogP contribution is -2.23. The normalized spacial score (nSPS) is 19.0. The molecule has 0 aromatic carbocycles. The number of allylic oxidation sites excluding steroid dienone is 4. The maximum absolute atomic E-state index is 12.8. The summed E-state index contributed by atoms with van der Waals surface area (Å²) in [5.41, 5.74) is 1.07. The Bertz CT molecular complexity index is 692. The van der Waals surface area contributed by atoms with Crippen molar-refractivity contribution in [1.29, 1.82) is 0 Å². The number of rotatable bonds is 4. The average molecular weight is 365 g/mol. The molecule has 0 unspecified atom stereocenters. The highest BCUT2D eigenvalue weighted by molar-refractivity contribution is 5.58. The van der Waals surface area contributed by atoms with Crippen LogP contribution < -0.4 is 10.2 Å². The van der Waals surface area contributed by atoms with Gasteiger partial charge in [0, 0.05) is 32.5 Å². The van der Waals surface area contributed by atoms with Gasteiger partial charge < -0.3 is 15.0 Å². The van der Waals surface area contributed by atoms with E-state index in [1.165, 1.54) is 12.2 Å². The van der Waals surface area contributed by atoms with E-state index in [9.17, 15) is 13.2 Å². The predicted octanol–water partition coefficient (Wildman–Crippen LogP) is 4.30. The van der Waals surface area contributed by atoms with Gasteiger partial charge in [-0.2, -0.15) is 13.2 Å². The fourth-order valence-electron chi connectivity index (χ4n) is 2.93. The monoisotopic (exact) mass is 365 g/mol. The largest absolute Gasteiger partial charge is 0.416 e. The van der Waals surface area contributed by atoms with Gasteiger partial charge in [0.05, 0.1) is 29.3 Å². The van der Waals surface area contributed by atoms with Gasteiger partial charge in [-0.25, -0.2) is 0 Å². The van der Waals surface area contributed by atoms with Crippen LogP contribution in [-0.2, 0) is 4.74 Å². The van der Waals surface area contributed by atoms with E-state index in [4.69, 9.17) is 4.74 Å². The van der Waals surface area contributed by atoms with Gasteiger partial charge in [0.25, 0.3) is 0 Å². The van der Waals surface area contributed by atoms with Crippen LogP contribution in [0.4, 0.5) is 24.5 Å². The van der Waals surface area contributed by atoms with E-state index in [1.54, 1.807) is 18.6 Å². The van der Waals surface area contributed by atoms with Crippen LogP contribution in [0.15, 0.2) is 54.5 Å². The van der Waals surface area contributed by atoms with Crippen LogP contribution >= 0.6 is 0 Å². The van der Waals surface area contributed by atoms with Crippen LogP contribution in [0.2, 0.25) is 0 Å². The zero-order chi connectivity index (χ0) is 18.4. The fraction of sp³-hybridized carbons (Fsp3) is 0.421. The Kier molecular flexibility index (Phi) is 5.98. The number of pyridine rings is 1. The third-order valence-corrected chi connectivity index (χ3v) is 4.46. The molecule has 0 saturated carbocycles. The molecule has 0 radical (unpaired) electrons. The van der Waals surface area contributed by atoms with Crippen molar-refractivity contribution in [2.75, 3.05) is 36.5 Å². The summed E-state index contributed by atoms with van der Waals surface area (Å²) in [7, 11) is 0. The first kappa shape index (κ1) is 18.5.